The number of aliphatic carboxylic acids is 1. The lowest BCUT2D eigenvalue weighted by Gasteiger charge is -2.49. The molecule has 3 heteroatoms. The summed E-state index contributed by atoms with van der Waals surface area (Å²) in [6.07, 6.45) is 6.45. The molecule has 0 spiro atoms. The fourth-order valence-electron chi connectivity index (χ4n) is 3.26. The maximum atomic E-state index is 10.8. The highest BCUT2D eigenvalue weighted by Crippen LogP contribution is 2.45. The van der Waals surface area contributed by atoms with Crippen LogP contribution in [0.15, 0.2) is 0 Å². The first-order chi connectivity index (χ1) is 7.63. The molecule has 0 unspecified atom stereocenters. The van der Waals surface area contributed by atoms with Gasteiger partial charge >= 0.3 is 5.97 Å². The molecule has 1 saturated carbocycles. The van der Waals surface area contributed by atoms with E-state index >= 15 is 0 Å². The van der Waals surface area contributed by atoms with Crippen LogP contribution >= 0.6 is 0 Å². The Bertz CT molecular complexity index is 255. The Morgan fingerprint density at radius 2 is 2.12 bits per heavy atom. The zero-order chi connectivity index (χ0) is 11.6. The number of nitrogens with zero attached hydrogens (tertiary/aromatic N) is 1. The van der Waals surface area contributed by atoms with Gasteiger partial charge in [-0.2, -0.15) is 0 Å². The molecular formula is C13H23NO2. The van der Waals surface area contributed by atoms with Crippen LogP contribution in [0, 0.1) is 11.3 Å². The standard InChI is InChI=1S/C13H23NO2/c1-2-4-11-8-14(9-11)10-13(5-3-6-13)7-12(15)16/h11H,2-10H2,1H3,(H,15,16). The number of likely N-dealkylation sites (tertiary alicyclic amines) is 1. The van der Waals surface area contributed by atoms with Gasteiger partial charge in [0.05, 0.1) is 6.42 Å². The summed E-state index contributed by atoms with van der Waals surface area (Å²) in [5.41, 5.74) is 0.128. The Morgan fingerprint density at radius 1 is 1.44 bits per heavy atom. The second kappa shape index (κ2) is 4.74. The molecule has 0 atom stereocenters. The van der Waals surface area contributed by atoms with Gasteiger partial charge in [-0.3, -0.25) is 4.79 Å². The molecule has 2 aliphatic rings. The lowest BCUT2D eigenvalue weighted by Crippen LogP contribution is -2.53. The minimum Gasteiger partial charge on any atom is -0.481 e. The smallest absolute Gasteiger partial charge is 0.303 e. The number of carboxylic acids is 1. The van der Waals surface area contributed by atoms with E-state index in [0.717, 1.165) is 25.3 Å². The third kappa shape index (κ3) is 2.57. The average Bonchev–Trinajstić information content (AvgIpc) is 2.09. The number of rotatable bonds is 6. The van der Waals surface area contributed by atoms with E-state index < -0.39 is 5.97 Å². The van der Waals surface area contributed by atoms with Gasteiger partial charge in [0.2, 0.25) is 0 Å². The first-order valence-electron chi connectivity index (χ1n) is 6.58. The molecule has 0 radical (unpaired) electrons. The quantitative estimate of drug-likeness (QED) is 0.754. The Hall–Kier alpha value is -0.570. The molecule has 16 heavy (non-hydrogen) atoms. The fraction of sp³-hybridized carbons (Fsp3) is 0.923. The lowest BCUT2D eigenvalue weighted by molar-refractivity contribution is -0.142. The van der Waals surface area contributed by atoms with E-state index in [9.17, 15) is 4.79 Å². The van der Waals surface area contributed by atoms with Crippen molar-refractivity contribution in [3.8, 4) is 0 Å². The van der Waals surface area contributed by atoms with Gasteiger partial charge in [-0.25, -0.2) is 0 Å². The van der Waals surface area contributed by atoms with E-state index in [1.165, 1.54) is 32.4 Å². The van der Waals surface area contributed by atoms with Crippen molar-refractivity contribution in [1.29, 1.82) is 0 Å². The summed E-state index contributed by atoms with van der Waals surface area (Å²) in [6, 6.07) is 0. The highest BCUT2D eigenvalue weighted by Gasteiger charge is 2.42. The summed E-state index contributed by atoms with van der Waals surface area (Å²) < 4.78 is 0. The zero-order valence-corrected chi connectivity index (χ0v) is 10.2. The minimum absolute atomic E-state index is 0.128. The molecule has 0 amide bonds. The third-order valence-corrected chi connectivity index (χ3v) is 4.23. The molecule has 2 fully saturated rings. The summed E-state index contributed by atoms with van der Waals surface area (Å²) in [5, 5.41) is 8.94. The molecule has 1 N–H and O–H groups in total. The summed E-state index contributed by atoms with van der Waals surface area (Å²) >= 11 is 0. The largest absolute Gasteiger partial charge is 0.481 e. The van der Waals surface area contributed by atoms with Crippen LogP contribution < -0.4 is 0 Å². The maximum Gasteiger partial charge on any atom is 0.303 e. The van der Waals surface area contributed by atoms with Crippen molar-refractivity contribution in [1.82, 2.24) is 4.90 Å². The van der Waals surface area contributed by atoms with E-state index in [1.54, 1.807) is 0 Å². The van der Waals surface area contributed by atoms with Gasteiger partial charge in [-0.15, -0.1) is 0 Å². The van der Waals surface area contributed by atoms with Crippen molar-refractivity contribution in [3.05, 3.63) is 0 Å². The van der Waals surface area contributed by atoms with Gasteiger partial charge in [0.1, 0.15) is 0 Å². The van der Waals surface area contributed by atoms with Crippen LogP contribution in [0.4, 0.5) is 0 Å². The molecule has 1 aliphatic heterocycles. The zero-order valence-electron chi connectivity index (χ0n) is 10.2. The Labute approximate surface area is 97.8 Å². The topological polar surface area (TPSA) is 40.5 Å². The van der Waals surface area contributed by atoms with Crippen molar-refractivity contribution in [2.24, 2.45) is 11.3 Å². The van der Waals surface area contributed by atoms with E-state index in [2.05, 4.69) is 11.8 Å². The fourth-order valence-corrected chi connectivity index (χ4v) is 3.26. The molecule has 1 aliphatic carbocycles. The summed E-state index contributed by atoms with van der Waals surface area (Å²) in [7, 11) is 0. The first-order valence-corrected chi connectivity index (χ1v) is 6.58. The molecule has 2 rings (SSSR count). The normalized spacial score (nSPS) is 24.8. The predicted molar refractivity (Wildman–Crippen MR) is 63.4 cm³/mol. The van der Waals surface area contributed by atoms with Gasteiger partial charge in [-0.1, -0.05) is 19.8 Å². The van der Waals surface area contributed by atoms with Crippen LogP contribution in [0.1, 0.15) is 45.4 Å². The second-order valence-corrected chi connectivity index (χ2v) is 5.77. The van der Waals surface area contributed by atoms with Crippen LogP contribution in [0.5, 0.6) is 0 Å². The molecule has 3 nitrogen and oxygen atoms in total. The van der Waals surface area contributed by atoms with Crippen molar-refractivity contribution in [2.75, 3.05) is 19.6 Å². The molecular weight excluding hydrogens is 202 g/mol. The number of hydrogen-bond acceptors (Lipinski definition) is 2. The first kappa shape index (κ1) is 11.9. The number of carboxylic acid groups (broad SMARTS) is 1. The second-order valence-electron chi connectivity index (χ2n) is 5.77. The SMILES string of the molecule is CCCC1CN(CC2(CC(=O)O)CCC2)C1. The van der Waals surface area contributed by atoms with Gasteiger partial charge in [0.15, 0.2) is 0 Å². The van der Waals surface area contributed by atoms with Crippen LogP contribution in [0.2, 0.25) is 0 Å². The minimum atomic E-state index is -0.620. The molecule has 1 heterocycles. The van der Waals surface area contributed by atoms with Crippen molar-refractivity contribution < 1.29 is 9.90 Å². The van der Waals surface area contributed by atoms with E-state index in [0.29, 0.717) is 6.42 Å². The maximum absolute atomic E-state index is 10.8. The third-order valence-electron chi connectivity index (χ3n) is 4.23. The van der Waals surface area contributed by atoms with Crippen LogP contribution in [-0.4, -0.2) is 35.6 Å². The highest BCUT2D eigenvalue weighted by atomic mass is 16.4. The van der Waals surface area contributed by atoms with E-state index in [4.69, 9.17) is 5.11 Å². The predicted octanol–water partition coefficient (Wildman–Crippen LogP) is 2.36. The van der Waals surface area contributed by atoms with Crippen molar-refractivity contribution >= 4 is 5.97 Å². The lowest BCUT2D eigenvalue weighted by atomic mass is 9.66. The molecule has 92 valence electrons. The molecule has 0 aromatic rings. The Morgan fingerprint density at radius 3 is 2.56 bits per heavy atom. The number of carbonyl (C=O) groups is 1. The molecule has 1 saturated heterocycles. The van der Waals surface area contributed by atoms with Gasteiger partial charge < -0.3 is 10.0 Å². The van der Waals surface area contributed by atoms with Crippen LogP contribution in [-0.2, 0) is 4.79 Å². The average molecular weight is 225 g/mol. The van der Waals surface area contributed by atoms with Crippen molar-refractivity contribution in [2.45, 2.75) is 45.4 Å². The molecule has 0 aromatic heterocycles. The molecule has 0 aromatic carbocycles. The number of hydrogen-bond donors (Lipinski definition) is 1. The monoisotopic (exact) mass is 225 g/mol. The van der Waals surface area contributed by atoms with Gasteiger partial charge in [0, 0.05) is 19.6 Å². The Balaban J connectivity index is 1.74. The highest BCUT2D eigenvalue weighted by molar-refractivity contribution is 5.68. The summed E-state index contributed by atoms with van der Waals surface area (Å²) in [5.74, 6) is 0.261. The van der Waals surface area contributed by atoms with Crippen molar-refractivity contribution in [3.63, 3.8) is 0 Å². The van der Waals surface area contributed by atoms with E-state index in [-0.39, 0.29) is 5.41 Å². The summed E-state index contributed by atoms with van der Waals surface area (Å²) in [4.78, 5) is 13.3. The molecule has 0 bridgehead atoms. The summed E-state index contributed by atoms with van der Waals surface area (Å²) in [6.45, 7) is 5.67. The van der Waals surface area contributed by atoms with Crippen LogP contribution in [0.25, 0.3) is 0 Å². The van der Waals surface area contributed by atoms with E-state index in [1.807, 2.05) is 0 Å². The van der Waals surface area contributed by atoms with Crippen LogP contribution in [0.3, 0.4) is 0 Å². The Kier molecular flexibility index (Phi) is 3.53. The van der Waals surface area contributed by atoms with Gasteiger partial charge in [0.25, 0.3) is 0 Å². The van der Waals surface area contributed by atoms with Gasteiger partial charge in [-0.05, 0) is 30.6 Å².